The molecule has 0 heterocycles. The SMILES string of the molecule is CC(C)CC(NC(=O)C(N)CS)C(=O)NC(CCCCN)C(=O)NC(CC(N)=O)C(=O)O. The zero-order chi connectivity index (χ0) is 24.8. The number of nitrogens with two attached hydrogens (primary N) is 3. The second kappa shape index (κ2) is 15.4. The van der Waals surface area contributed by atoms with Gasteiger partial charge >= 0.3 is 5.97 Å². The maximum absolute atomic E-state index is 12.9. The number of nitrogens with one attached hydrogen (secondary N) is 3. The first kappa shape index (κ1) is 29.6. The number of rotatable bonds is 16. The smallest absolute Gasteiger partial charge is 0.326 e. The molecule has 10 N–H and O–H groups in total. The maximum Gasteiger partial charge on any atom is 0.326 e. The van der Waals surface area contributed by atoms with E-state index in [-0.39, 0.29) is 24.5 Å². The highest BCUT2D eigenvalue weighted by atomic mass is 32.1. The molecule has 0 fully saturated rings. The van der Waals surface area contributed by atoms with Crippen molar-refractivity contribution in [3.05, 3.63) is 0 Å². The summed E-state index contributed by atoms with van der Waals surface area (Å²) in [4.78, 5) is 60.2. The number of carboxylic acids is 1. The van der Waals surface area contributed by atoms with Gasteiger partial charge in [-0.05, 0) is 38.1 Å². The minimum absolute atomic E-state index is 0.0368. The molecule has 0 aliphatic carbocycles. The summed E-state index contributed by atoms with van der Waals surface area (Å²) in [6, 6.07) is -4.50. The van der Waals surface area contributed by atoms with Crippen molar-refractivity contribution in [1.82, 2.24) is 16.0 Å². The number of hydrogen-bond acceptors (Lipinski definition) is 8. The van der Waals surface area contributed by atoms with Crippen LogP contribution < -0.4 is 33.2 Å². The van der Waals surface area contributed by atoms with Crippen molar-refractivity contribution in [2.75, 3.05) is 12.3 Å². The van der Waals surface area contributed by atoms with E-state index >= 15 is 0 Å². The van der Waals surface area contributed by atoms with Crippen LogP contribution in [0.4, 0.5) is 0 Å². The second-order valence-electron chi connectivity index (χ2n) is 7.90. The first-order chi connectivity index (χ1) is 14.9. The Kier molecular flexibility index (Phi) is 14.3. The molecule has 32 heavy (non-hydrogen) atoms. The summed E-state index contributed by atoms with van der Waals surface area (Å²) >= 11 is 3.97. The number of unbranched alkanes of at least 4 members (excludes halogenated alkanes) is 1. The molecule has 0 aliphatic heterocycles. The van der Waals surface area contributed by atoms with Crippen LogP contribution in [0.15, 0.2) is 0 Å². The van der Waals surface area contributed by atoms with Gasteiger partial charge in [0, 0.05) is 5.75 Å². The van der Waals surface area contributed by atoms with E-state index < -0.39 is 60.2 Å². The lowest BCUT2D eigenvalue weighted by atomic mass is 10.0. The van der Waals surface area contributed by atoms with Crippen molar-refractivity contribution in [3.63, 3.8) is 0 Å². The Morgan fingerprint density at radius 1 is 0.906 bits per heavy atom. The fourth-order valence-corrected chi connectivity index (χ4v) is 2.94. The summed E-state index contributed by atoms with van der Waals surface area (Å²) in [6.45, 7) is 4.09. The minimum Gasteiger partial charge on any atom is -0.480 e. The van der Waals surface area contributed by atoms with Gasteiger partial charge in [-0.3, -0.25) is 19.2 Å². The van der Waals surface area contributed by atoms with E-state index in [1.54, 1.807) is 0 Å². The molecule has 0 aromatic heterocycles. The van der Waals surface area contributed by atoms with Crippen LogP contribution >= 0.6 is 12.6 Å². The molecule has 0 aliphatic rings. The van der Waals surface area contributed by atoms with Gasteiger partial charge in [0.05, 0.1) is 12.5 Å². The van der Waals surface area contributed by atoms with Crippen LogP contribution in [0, 0.1) is 5.92 Å². The third kappa shape index (κ3) is 11.9. The highest BCUT2D eigenvalue weighted by molar-refractivity contribution is 7.80. The number of amides is 4. The number of carboxylic acid groups (broad SMARTS) is 1. The Labute approximate surface area is 193 Å². The van der Waals surface area contributed by atoms with Crippen molar-refractivity contribution >= 4 is 42.2 Å². The normalized spacial score (nSPS) is 14.7. The number of aliphatic carboxylic acids is 1. The zero-order valence-electron chi connectivity index (χ0n) is 18.5. The molecule has 4 unspecified atom stereocenters. The molecule has 0 rings (SSSR count). The van der Waals surface area contributed by atoms with Gasteiger partial charge < -0.3 is 38.3 Å². The molecule has 184 valence electrons. The predicted octanol–water partition coefficient (Wildman–Crippen LogP) is -2.17. The summed E-state index contributed by atoms with van der Waals surface area (Å²) in [5, 5.41) is 16.6. The number of primary amides is 1. The highest BCUT2D eigenvalue weighted by Gasteiger charge is 2.30. The molecule has 13 heteroatoms. The van der Waals surface area contributed by atoms with Crippen molar-refractivity contribution in [2.45, 2.75) is 70.1 Å². The lowest BCUT2D eigenvalue weighted by molar-refractivity contribution is -0.143. The van der Waals surface area contributed by atoms with Crippen LogP contribution in [0.3, 0.4) is 0 Å². The molecule has 4 atom stereocenters. The number of hydrogen-bond donors (Lipinski definition) is 8. The standard InChI is InChI=1S/C19H36N6O6S/c1-10(2)7-13(24-16(27)11(21)9-32)18(29)23-12(5-3-4-6-20)17(28)25-14(19(30)31)8-15(22)26/h10-14,32H,3-9,20-21H2,1-2H3,(H2,22,26)(H,23,29)(H,24,27)(H,25,28)(H,30,31). The summed E-state index contributed by atoms with van der Waals surface area (Å²) in [7, 11) is 0. The van der Waals surface area contributed by atoms with Crippen molar-refractivity contribution < 1.29 is 29.1 Å². The van der Waals surface area contributed by atoms with Gasteiger partial charge in [0.1, 0.15) is 18.1 Å². The number of carbonyl (C=O) groups is 5. The maximum atomic E-state index is 12.9. The molecule has 0 aromatic rings. The van der Waals surface area contributed by atoms with Gasteiger partial charge in [0.25, 0.3) is 0 Å². The Morgan fingerprint density at radius 2 is 1.44 bits per heavy atom. The predicted molar refractivity (Wildman–Crippen MR) is 121 cm³/mol. The molecule has 0 bridgehead atoms. The fourth-order valence-electron chi connectivity index (χ4n) is 2.77. The van der Waals surface area contributed by atoms with E-state index in [0.29, 0.717) is 19.4 Å². The van der Waals surface area contributed by atoms with Crippen molar-refractivity contribution in [1.29, 1.82) is 0 Å². The van der Waals surface area contributed by atoms with E-state index in [1.165, 1.54) is 0 Å². The van der Waals surface area contributed by atoms with Gasteiger partial charge in [-0.15, -0.1) is 0 Å². The number of thiol groups is 1. The summed E-state index contributed by atoms with van der Waals surface area (Å²) in [6.07, 6.45) is 0.919. The molecular formula is C19H36N6O6S. The first-order valence-electron chi connectivity index (χ1n) is 10.4. The molecular weight excluding hydrogens is 440 g/mol. The van der Waals surface area contributed by atoms with E-state index in [1.807, 2.05) is 13.8 Å². The molecule has 0 saturated carbocycles. The summed E-state index contributed by atoms with van der Waals surface area (Å²) in [5.41, 5.74) is 16.2. The van der Waals surface area contributed by atoms with E-state index in [9.17, 15) is 29.1 Å². The van der Waals surface area contributed by atoms with Crippen LogP contribution in [0.1, 0.15) is 46.0 Å². The second-order valence-corrected chi connectivity index (χ2v) is 8.26. The van der Waals surface area contributed by atoms with Crippen LogP contribution in [0.5, 0.6) is 0 Å². The first-order valence-corrected chi connectivity index (χ1v) is 11.0. The van der Waals surface area contributed by atoms with E-state index in [4.69, 9.17) is 17.2 Å². The Morgan fingerprint density at radius 3 is 1.91 bits per heavy atom. The van der Waals surface area contributed by atoms with Gasteiger partial charge in [0.2, 0.25) is 23.6 Å². The molecule has 0 saturated heterocycles. The summed E-state index contributed by atoms with van der Waals surface area (Å²) < 4.78 is 0. The monoisotopic (exact) mass is 476 g/mol. The quantitative estimate of drug-likeness (QED) is 0.0902. The van der Waals surface area contributed by atoms with Crippen molar-refractivity contribution in [3.8, 4) is 0 Å². The zero-order valence-corrected chi connectivity index (χ0v) is 19.4. The van der Waals surface area contributed by atoms with E-state index in [2.05, 4.69) is 28.6 Å². The van der Waals surface area contributed by atoms with Gasteiger partial charge in [0.15, 0.2) is 0 Å². The highest BCUT2D eigenvalue weighted by Crippen LogP contribution is 2.08. The van der Waals surface area contributed by atoms with Gasteiger partial charge in [-0.25, -0.2) is 4.79 Å². The molecule has 0 aromatic carbocycles. The fraction of sp³-hybridized carbons (Fsp3) is 0.737. The van der Waals surface area contributed by atoms with Gasteiger partial charge in [-0.1, -0.05) is 13.8 Å². The van der Waals surface area contributed by atoms with Gasteiger partial charge in [-0.2, -0.15) is 12.6 Å². The lowest BCUT2D eigenvalue weighted by Crippen LogP contribution is -2.57. The summed E-state index contributed by atoms with van der Waals surface area (Å²) in [5.74, 6) is -4.18. The average molecular weight is 477 g/mol. The third-order valence-electron chi connectivity index (χ3n) is 4.47. The Hall–Kier alpha value is -2.38. The molecule has 0 spiro atoms. The van der Waals surface area contributed by atoms with Crippen molar-refractivity contribution in [2.24, 2.45) is 23.1 Å². The Bertz CT molecular complexity index is 662. The van der Waals surface area contributed by atoms with Crippen LogP contribution in [0.2, 0.25) is 0 Å². The molecule has 4 amide bonds. The molecule has 0 radical (unpaired) electrons. The minimum atomic E-state index is -1.53. The van der Waals surface area contributed by atoms with Crippen LogP contribution in [-0.4, -0.2) is 71.2 Å². The molecule has 12 nitrogen and oxygen atoms in total. The van der Waals surface area contributed by atoms with Crippen LogP contribution in [-0.2, 0) is 24.0 Å². The lowest BCUT2D eigenvalue weighted by Gasteiger charge is -2.26. The number of carbonyl (C=O) groups excluding carboxylic acids is 4. The topological polar surface area (TPSA) is 220 Å². The van der Waals surface area contributed by atoms with E-state index in [0.717, 1.165) is 0 Å². The third-order valence-corrected chi connectivity index (χ3v) is 4.87. The largest absolute Gasteiger partial charge is 0.480 e. The Balaban J connectivity index is 5.48. The average Bonchev–Trinajstić information content (AvgIpc) is 2.70. The van der Waals surface area contributed by atoms with Crippen LogP contribution in [0.25, 0.3) is 0 Å².